The summed E-state index contributed by atoms with van der Waals surface area (Å²) in [5.41, 5.74) is 0.733. The first-order chi connectivity index (χ1) is 11.1. The van der Waals surface area contributed by atoms with Crippen LogP contribution >= 0.6 is 11.6 Å². The van der Waals surface area contributed by atoms with Crippen molar-refractivity contribution in [3.63, 3.8) is 0 Å². The molecule has 120 valence electrons. The van der Waals surface area contributed by atoms with E-state index in [1.165, 1.54) is 12.1 Å². The van der Waals surface area contributed by atoms with Gasteiger partial charge >= 0.3 is 5.97 Å². The van der Waals surface area contributed by atoms with E-state index in [4.69, 9.17) is 21.1 Å². The second-order valence-electron chi connectivity index (χ2n) is 4.56. The summed E-state index contributed by atoms with van der Waals surface area (Å²) in [4.78, 5) is 23.5. The predicted octanol–water partition coefficient (Wildman–Crippen LogP) is 3.53. The Balaban J connectivity index is 1.94. The van der Waals surface area contributed by atoms with E-state index in [0.29, 0.717) is 17.0 Å². The molecule has 0 unspecified atom stereocenters. The van der Waals surface area contributed by atoms with Crippen LogP contribution in [0.4, 0.5) is 5.69 Å². The highest BCUT2D eigenvalue weighted by molar-refractivity contribution is 6.34. The number of benzene rings is 2. The number of carbonyl (C=O) groups is 2. The number of para-hydroxylation sites is 1. The summed E-state index contributed by atoms with van der Waals surface area (Å²) in [7, 11) is 0. The lowest BCUT2D eigenvalue weighted by Gasteiger charge is -2.10. The quantitative estimate of drug-likeness (QED) is 0.821. The molecule has 2 aromatic rings. The van der Waals surface area contributed by atoms with Crippen LogP contribution in [0.1, 0.15) is 17.3 Å². The Bertz CT molecular complexity index is 688. The van der Waals surface area contributed by atoms with E-state index in [2.05, 4.69) is 5.32 Å². The standard InChI is InChI=1S/C17H16ClNO4/c1-2-22-17(21)12-8-9-15(14(18)10-12)19-16(20)11-23-13-6-4-3-5-7-13/h3-10H,2,11H2,1H3,(H,19,20). The van der Waals surface area contributed by atoms with Gasteiger partial charge in [-0.1, -0.05) is 29.8 Å². The number of anilines is 1. The van der Waals surface area contributed by atoms with Crippen LogP contribution in [0.5, 0.6) is 5.75 Å². The summed E-state index contributed by atoms with van der Waals surface area (Å²) < 4.78 is 10.2. The van der Waals surface area contributed by atoms with E-state index in [1.807, 2.05) is 18.2 Å². The summed E-state index contributed by atoms with van der Waals surface area (Å²) in [6.45, 7) is 1.87. The lowest BCUT2D eigenvalue weighted by atomic mass is 10.2. The first-order valence-corrected chi connectivity index (χ1v) is 7.42. The summed E-state index contributed by atoms with van der Waals surface area (Å²) >= 11 is 6.07. The van der Waals surface area contributed by atoms with Gasteiger partial charge in [-0.25, -0.2) is 4.79 Å². The molecule has 0 aliphatic carbocycles. The molecule has 2 aromatic carbocycles. The van der Waals surface area contributed by atoms with E-state index in [1.54, 1.807) is 25.1 Å². The van der Waals surface area contributed by atoms with Crippen molar-refractivity contribution in [1.82, 2.24) is 0 Å². The number of ether oxygens (including phenoxy) is 2. The summed E-state index contributed by atoms with van der Waals surface area (Å²) in [6, 6.07) is 13.6. The van der Waals surface area contributed by atoms with Crippen LogP contribution < -0.4 is 10.1 Å². The fourth-order valence-corrected chi connectivity index (χ4v) is 2.04. The predicted molar refractivity (Wildman–Crippen MR) is 88.0 cm³/mol. The van der Waals surface area contributed by atoms with Gasteiger partial charge in [0.15, 0.2) is 6.61 Å². The zero-order valence-corrected chi connectivity index (χ0v) is 13.3. The van der Waals surface area contributed by atoms with Crippen molar-refractivity contribution in [3.05, 3.63) is 59.1 Å². The maximum atomic E-state index is 11.9. The average Bonchev–Trinajstić information content (AvgIpc) is 2.56. The minimum atomic E-state index is -0.459. The molecule has 0 spiro atoms. The monoisotopic (exact) mass is 333 g/mol. The number of hydrogen-bond acceptors (Lipinski definition) is 4. The summed E-state index contributed by atoms with van der Waals surface area (Å²) in [5, 5.41) is 2.88. The van der Waals surface area contributed by atoms with Crippen LogP contribution in [0.2, 0.25) is 5.02 Å². The Morgan fingerprint density at radius 1 is 1.13 bits per heavy atom. The zero-order valence-electron chi connectivity index (χ0n) is 12.5. The third-order valence-electron chi connectivity index (χ3n) is 2.87. The van der Waals surface area contributed by atoms with Crippen molar-refractivity contribution < 1.29 is 19.1 Å². The lowest BCUT2D eigenvalue weighted by Crippen LogP contribution is -2.20. The maximum absolute atomic E-state index is 11.9. The van der Waals surface area contributed by atoms with Gasteiger partial charge in [-0.15, -0.1) is 0 Å². The molecule has 5 nitrogen and oxygen atoms in total. The topological polar surface area (TPSA) is 64.6 Å². The number of halogens is 1. The summed E-state index contributed by atoms with van der Waals surface area (Å²) in [5.74, 6) is -0.203. The van der Waals surface area contributed by atoms with Gasteiger partial charge in [0.1, 0.15) is 5.75 Å². The zero-order chi connectivity index (χ0) is 16.7. The first kappa shape index (κ1) is 16.8. The third-order valence-corrected chi connectivity index (χ3v) is 3.18. The minimum Gasteiger partial charge on any atom is -0.484 e. The van der Waals surface area contributed by atoms with Crippen LogP contribution in [0.3, 0.4) is 0 Å². The normalized spacial score (nSPS) is 10.0. The van der Waals surface area contributed by atoms with E-state index < -0.39 is 5.97 Å². The molecule has 0 heterocycles. The van der Waals surface area contributed by atoms with Gasteiger partial charge in [0.2, 0.25) is 0 Å². The van der Waals surface area contributed by atoms with Crippen LogP contribution in [0.25, 0.3) is 0 Å². The number of esters is 1. The van der Waals surface area contributed by atoms with Crippen molar-refractivity contribution in [2.75, 3.05) is 18.5 Å². The van der Waals surface area contributed by atoms with Gasteiger partial charge in [0, 0.05) is 0 Å². The summed E-state index contributed by atoms with van der Waals surface area (Å²) in [6.07, 6.45) is 0. The fraction of sp³-hybridized carbons (Fsp3) is 0.176. The maximum Gasteiger partial charge on any atom is 0.338 e. The van der Waals surface area contributed by atoms with Gasteiger partial charge in [0.05, 0.1) is 22.9 Å². The number of hydrogen-bond donors (Lipinski definition) is 1. The highest BCUT2D eigenvalue weighted by atomic mass is 35.5. The lowest BCUT2D eigenvalue weighted by molar-refractivity contribution is -0.118. The average molecular weight is 334 g/mol. The molecule has 6 heteroatoms. The molecule has 0 aromatic heterocycles. The molecular formula is C17H16ClNO4. The Morgan fingerprint density at radius 3 is 2.52 bits per heavy atom. The van der Waals surface area contributed by atoms with Gasteiger partial charge in [0.25, 0.3) is 5.91 Å². The van der Waals surface area contributed by atoms with Crippen molar-refractivity contribution in [2.24, 2.45) is 0 Å². The first-order valence-electron chi connectivity index (χ1n) is 7.04. The second kappa shape index (κ2) is 8.19. The Kier molecular flexibility index (Phi) is 6.00. The molecule has 2 rings (SSSR count). The van der Waals surface area contributed by atoms with Crippen molar-refractivity contribution in [1.29, 1.82) is 0 Å². The molecule has 0 aliphatic rings. The van der Waals surface area contributed by atoms with E-state index in [9.17, 15) is 9.59 Å². The largest absolute Gasteiger partial charge is 0.484 e. The van der Waals surface area contributed by atoms with Crippen molar-refractivity contribution in [2.45, 2.75) is 6.92 Å². The van der Waals surface area contributed by atoms with E-state index in [0.717, 1.165) is 0 Å². The van der Waals surface area contributed by atoms with Crippen molar-refractivity contribution >= 4 is 29.2 Å². The SMILES string of the molecule is CCOC(=O)c1ccc(NC(=O)COc2ccccc2)c(Cl)c1. The molecule has 0 atom stereocenters. The van der Waals surface area contributed by atoms with E-state index in [-0.39, 0.29) is 24.1 Å². The molecule has 0 radical (unpaired) electrons. The van der Waals surface area contributed by atoms with Crippen LogP contribution in [0.15, 0.2) is 48.5 Å². The molecule has 1 amide bonds. The molecule has 0 fully saturated rings. The van der Waals surface area contributed by atoms with Gasteiger partial charge in [-0.2, -0.15) is 0 Å². The molecule has 0 aliphatic heterocycles. The minimum absolute atomic E-state index is 0.139. The highest BCUT2D eigenvalue weighted by Gasteiger charge is 2.11. The molecular weight excluding hydrogens is 318 g/mol. The molecule has 0 bridgehead atoms. The fourth-order valence-electron chi connectivity index (χ4n) is 1.81. The van der Waals surface area contributed by atoms with Crippen LogP contribution in [-0.2, 0) is 9.53 Å². The number of nitrogens with one attached hydrogen (secondary N) is 1. The van der Waals surface area contributed by atoms with Gasteiger partial charge in [-0.3, -0.25) is 4.79 Å². The number of carbonyl (C=O) groups excluding carboxylic acids is 2. The third kappa shape index (κ3) is 5.00. The molecule has 0 saturated carbocycles. The van der Waals surface area contributed by atoms with Crippen molar-refractivity contribution in [3.8, 4) is 5.75 Å². The second-order valence-corrected chi connectivity index (χ2v) is 4.97. The van der Waals surface area contributed by atoms with E-state index >= 15 is 0 Å². The van der Waals surface area contributed by atoms with Gasteiger partial charge < -0.3 is 14.8 Å². The van der Waals surface area contributed by atoms with Gasteiger partial charge in [-0.05, 0) is 37.3 Å². The Morgan fingerprint density at radius 2 is 1.87 bits per heavy atom. The smallest absolute Gasteiger partial charge is 0.338 e. The Hall–Kier alpha value is -2.53. The molecule has 0 saturated heterocycles. The Labute approximate surface area is 139 Å². The number of rotatable bonds is 6. The molecule has 23 heavy (non-hydrogen) atoms. The number of amides is 1. The molecule has 1 N–H and O–H groups in total. The van der Waals surface area contributed by atoms with Crippen LogP contribution in [-0.4, -0.2) is 25.1 Å². The highest BCUT2D eigenvalue weighted by Crippen LogP contribution is 2.23. The van der Waals surface area contributed by atoms with Crippen LogP contribution in [0, 0.1) is 0 Å².